The van der Waals surface area contributed by atoms with Crippen LogP contribution in [-0.4, -0.2) is 26.1 Å². The van der Waals surface area contributed by atoms with Crippen molar-refractivity contribution < 1.29 is 14.4 Å². The van der Waals surface area contributed by atoms with Gasteiger partial charge in [0.2, 0.25) is 0 Å². The zero-order chi connectivity index (χ0) is 15.7. The second-order valence-corrected chi connectivity index (χ2v) is 4.92. The Balaban J connectivity index is 1.91. The maximum absolute atomic E-state index is 11.3. The predicted molar refractivity (Wildman–Crippen MR) is 78.6 cm³/mol. The maximum Gasteiger partial charge on any atom is 0.301 e. The van der Waals surface area contributed by atoms with Gasteiger partial charge < -0.3 is 4.42 Å². The fourth-order valence-electron chi connectivity index (χ4n) is 1.69. The highest BCUT2D eigenvalue weighted by Gasteiger charge is 2.12. The first-order chi connectivity index (χ1) is 10.6. The number of hydrogen-bond acceptors (Lipinski definition) is 7. The van der Waals surface area contributed by atoms with Gasteiger partial charge in [0.15, 0.2) is 5.58 Å². The van der Waals surface area contributed by atoms with Gasteiger partial charge in [0, 0.05) is 12.1 Å². The molecule has 10 heteroatoms. The monoisotopic (exact) mass is 339 g/mol. The van der Waals surface area contributed by atoms with E-state index in [1.807, 2.05) is 0 Å². The number of amides is 1. The number of carbonyl (C=O) groups excluding carboxylic acids is 1. The van der Waals surface area contributed by atoms with Crippen LogP contribution >= 0.6 is 23.2 Å². The molecule has 0 bridgehead atoms. The summed E-state index contributed by atoms with van der Waals surface area (Å²) in [5, 5.41) is 12.1. The number of rotatable bonds is 3. The number of anilines is 2. The number of aromatic nitrogens is 3. The highest BCUT2D eigenvalue weighted by molar-refractivity contribution is 6.42. The Hall–Kier alpha value is -2.42. The molecule has 0 fully saturated rings. The molecule has 3 aromatic rings. The second-order valence-electron chi connectivity index (χ2n) is 4.11. The number of benzene rings is 1. The third kappa shape index (κ3) is 2.80. The molecule has 0 aliphatic heterocycles. The molecule has 0 aliphatic carbocycles. The summed E-state index contributed by atoms with van der Waals surface area (Å²) in [4.78, 5) is 23.1. The number of nitrogens with one attached hydrogen (secondary N) is 2. The molecule has 1 amide bonds. The summed E-state index contributed by atoms with van der Waals surface area (Å²) < 4.78 is 5.46. The SMILES string of the molecule is O=C(NO)c1cc(Nc2nc3cc(Cl)c(Cl)cc3o2)ncn1. The van der Waals surface area contributed by atoms with Crippen molar-refractivity contribution >= 4 is 52.0 Å². The van der Waals surface area contributed by atoms with Gasteiger partial charge in [0.05, 0.1) is 10.0 Å². The van der Waals surface area contributed by atoms with E-state index in [0.717, 1.165) is 6.33 Å². The van der Waals surface area contributed by atoms with Crippen LogP contribution in [0.25, 0.3) is 11.1 Å². The van der Waals surface area contributed by atoms with Crippen molar-refractivity contribution in [3.63, 3.8) is 0 Å². The average Bonchev–Trinajstić information content (AvgIpc) is 2.88. The molecule has 0 saturated carbocycles. The molecule has 1 aromatic carbocycles. The van der Waals surface area contributed by atoms with Crippen LogP contribution in [0.2, 0.25) is 10.0 Å². The first kappa shape index (κ1) is 14.5. The molecular weight excluding hydrogens is 333 g/mol. The summed E-state index contributed by atoms with van der Waals surface area (Å²) in [6, 6.07) is 4.57. The van der Waals surface area contributed by atoms with E-state index in [9.17, 15) is 4.79 Å². The van der Waals surface area contributed by atoms with Crippen LogP contribution in [0.1, 0.15) is 10.5 Å². The topological polar surface area (TPSA) is 113 Å². The smallest absolute Gasteiger partial charge is 0.301 e. The van der Waals surface area contributed by atoms with Crippen LogP contribution < -0.4 is 10.8 Å². The fourth-order valence-corrected chi connectivity index (χ4v) is 2.01. The van der Waals surface area contributed by atoms with E-state index in [4.69, 9.17) is 32.8 Å². The molecule has 8 nitrogen and oxygen atoms in total. The molecule has 0 aliphatic rings. The summed E-state index contributed by atoms with van der Waals surface area (Å²) in [6.45, 7) is 0. The van der Waals surface area contributed by atoms with Gasteiger partial charge in [-0.05, 0) is 6.07 Å². The van der Waals surface area contributed by atoms with Crippen LogP contribution in [-0.2, 0) is 0 Å². The third-order valence-corrected chi connectivity index (χ3v) is 3.39. The second kappa shape index (κ2) is 5.76. The average molecular weight is 340 g/mol. The van der Waals surface area contributed by atoms with E-state index in [2.05, 4.69) is 20.3 Å². The van der Waals surface area contributed by atoms with Crippen molar-refractivity contribution in [3.8, 4) is 0 Å². The molecule has 2 aromatic heterocycles. The quantitative estimate of drug-likeness (QED) is 0.496. The standard InChI is InChI=1S/C12H7Cl2N5O3/c13-5-1-7-9(2-6(5)14)22-12(17-7)18-10-3-8(11(20)19-21)15-4-16-10/h1-4,21H,(H,19,20)(H,15,16,17,18). The van der Waals surface area contributed by atoms with Gasteiger partial charge in [-0.15, -0.1) is 0 Å². The number of oxazole rings is 1. The lowest BCUT2D eigenvalue weighted by molar-refractivity contribution is 0.0700. The Morgan fingerprint density at radius 2 is 1.95 bits per heavy atom. The van der Waals surface area contributed by atoms with E-state index in [-0.39, 0.29) is 17.5 Å². The zero-order valence-corrected chi connectivity index (χ0v) is 12.2. The summed E-state index contributed by atoms with van der Waals surface area (Å²) in [5.41, 5.74) is 2.41. The maximum atomic E-state index is 11.3. The number of hydroxylamine groups is 1. The van der Waals surface area contributed by atoms with Crippen LogP contribution in [0.15, 0.2) is 28.9 Å². The van der Waals surface area contributed by atoms with Gasteiger partial charge in [-0.1, -0.05) is 23.2 Å². The van der Waals surface area contributed by atoms with E-state index in [1.54, 1.807) is 12.1 Å². The molecule has 0 unspecified atom stereocenters. The molecule has 2 heterocycles. The molecule has 3 N–H and O–H groups in total. The van der Waals surface area contributed by atoms with Crippen molar-refractivity contribution in [1.29, 1.82) is 0 Å². The number of fused-ring (bicyclic) bond motifs is 1. The summed E-state index contributed by atoms with van der Waals surface area (Å²) in [5.74, 6) is -0.501. The summed E-state index contributed by atoms with van der Waals surface area (Å²) in [6.07, 6.45) is 1.16. The Kier molecular flexibility index (Phi) is 3.80. The van der Waals surface area contributed by atoms with Gasteiger partial charge in [-0.2, -0.15) is 4.98 Å². The highest BCUT2D eigenvalue weighted by Crippen LogP contribution is 2.29. The molecule has 0 radical (unpaired) electrons. The highest BCUT2D eigenvalue weighted by atomic mass is 35.5. The van der Waals surface area contributed by atoms with Crippen LogP contribution in [0.4, 0.5) is 11.8 Å². The first-order valence-corrected chi connectivity index (χ1v) is 6.61. The molecule has 0 atom stereocenters. The van der Waals surface area contributed by atoms with Crippen molar-refractivity contribution in [2.45, 2.75) is 0 Å². The van der Waals surface area contributed by atoms with Gasteiger partial charge in [0.25, 0.3) is 5.91 Å². The first-order valence-electron chi connectivity index (χ1n) is 5.86. The van der Waals surface area contributed by atoms with Gasteiger partial charge in [-0.3, -0.25) is 15.3 Å². The largest absolute Gasteiger partial charge is 0.423 e. The van der Waals surface area contributed by atoms with Crippen molar-refractivity contribution in [3.05, 3.63) is 40.3 Å². The minimum Gasteiger partial charge on any atom is -0.423 e. The lowest BCUT2D eigenvalue weighted by Gasteiger charge is -2.02. The van der Waals surface area contributed by atoms with E-state index >= 15 is 0 Å². The Morgan fingerprint density at radius 3 is 2.73 bits per heavy atom. The van der Waals surface area contributed by atoms with Crippen molar-refractivity contribution in [2.75, 3.05) is 5.32 Å². The van der Waals surface area contributed by atoms with Gasteiger partial charge in [-0.25, -0.2) is 15.4 Å². The zero-order valence-electron chi connectivity index (χ0n) is 10.7. The lowest BCUT2D eigenvalue weighted by atomic mass is 10.3. The summed E-state index contributed by atoms with van der Waals surface area (Å²) in [7, 11) is 0. The lowest BCUT2D eigenvalue weighted by Crippen LogP contribution is -2.20. The molecule has 112 valence electrons. The molecular formula is C12H7Cl2N5O3. The van der Waals surface area contributed by atoms with Crippen LogP contribution in [0, 0.1) is 0 Å². The summed E-state index contributed by atoms with van der Waals surface area (Å²) >= 11 is 11.8. The Labute approximate surface area is 133 Å². The third-order valence-electron chi connectivity index (χ3n) is 2.67. The minimum atomic E-state index is -0.762. The normalized spacial score (nSPS) is 10.7. The van der Waals surface area contributed by atoms with E-state index in [1.165, 1.54) is 11.5 Å². The van der Waals surface area contributed by atoms with Gasteiger partial charge >= 0.3 is 6.01 Å². The van der Waals surface area contributed by atoms with E-state index in [0.29, 0.717) is 21.1 Å². The van der Waals surface area contributed by atoms with Crippen LogP contribution in [0.5, 0.6) is 0 Å². The van der Waals surface area contributed by atoms with Crippen LogP contribution in [0.3, 0.4) is 0 Å². The number of hydrogen-bond donors (Lipinski definition) is 3. The number of carbonyl (C=O) groups is 1. The molecule has 3 rings (SSSR count). The Bertz CT molecular complexity index is 828. The number of nitrogens with zero attached hydrogens (tertiary/aromatic N) is 3. The predicted octanol–water partition coefficient (Wildman–Crippen LogP) is 2.79. The van der Waals surface area contributed by atoms with Gasteiger partial charge in [0.1, 0.15) is 23.4 Å². The minimum absolute atomic E-state index is 0.0257. The van der Waals surface area contributed by atoms with Crippen molar-refractivity contribution in [1.82, 2.24) is 20.4 Å². The molecule has 22 heavy (non-hydrogen) atoms. The Morgan fingerprint density at radius 1 is 1.18 bits per heavy atom. The van der Waals surface area contributed by atoms with Crippen molar-refractivity contribution in [2.24, 2.45) is 0 Å². The molecule has 0 spiro atoms. The number of halogens is 2. The fraction of sp³-hybridized carbons (Fsp3) is 0. The van der Waals surface area contributed by atoms with E-state index < -0.39 is 5.91 Å². The molecule has 0 saturated heterocycles.